The maximum atomic E-state index is 10.5. The predicted octanol–water partition coefficient (Wildman–Crippen LogP) is 1.18. The summed E-state index contributed by atoms with van der Waals surface area (Å²) >= 11 is 0. The molecule has 1 N–H and O–H groups in total. The third-order valence-corrected chi connectivity index (χ3v) is 2.82. The molecular weight excluding hydrogens is 220 g/mol. The van der Waals surface area contributed by atoms with E-state index in [4.69, 9.17) is 0 Å². The molecule has 0 spiro atoms. The SMILES string of the molecule is C[C@@H]1CN(c2ccc([N+](=O)[O-])cn2)C[C@H](C)N1. The van der Waals surface area contributed by atoms with Crippen molar-refractivity contribution in [2.45, 2.75) is 25.9 Å². The van der Waals surface area contributed by atoms with Crippen LogP contribution in [0.2, 0.25) is 0 Å². The minimum Gasteiger partial charge on any atom is -0.354 e. The summed E-state index contributed by atoms with van der Waals surface area (Å²) in [5.41, 5.74) is 0.0324. The molecule has 1 aliphatic heterocycles. The van der Waals surface area contributed by atoms with Crippen LogP contribution in [0.1, 0.15) is 13.8 Å². The monoisotopic (exact) mass is 236 g/mol. The van der Waals surface area contributed by atoms with Crippen LogP contribution < -0.4 is 10.2 Å². The molecule has 6 heteroatoms. The molecule has 0 unspecified atom stereocenters. The lowest BCUT2D eigenvalue weighted by Gasteiger charge is -2.36. The lowest BCUT2D eigenvalue weighted by Crippen LogP contribution is -2.54. The Bertz CT molecular complexity index is 396. The third kappa shape index (κ3) is 2.71. The van der Waals surface area contributed by atoms with E-state index in [1.54, 1.807) is 6.07 Å². The highest BCUT2D eigenvalue weighted by Gasteiger charge is 2.22. The van der Waals surface area contributed by atoms with E-state index in [0.717, 1.165) is 18.9 Å². The van der Waals surface area contributed by atoms with Gasteiger partial charge in [-0.1, -0.05) is 0 Å². The Labute approximate surface area is 99.8 Å². The number of nitro groups is 1. The second kappa shape index (κ2) is 4.67. The molecule has 92 valence electrons. The fourth-order valence-corrected chi connectivity index (χ4v) is 2.19. The highest BCUT2D eigenvalue weighted by Crippen LogP contribution is 2.18. The van der Waals surface area contributed by atoms with Crippen LogP contribution in [0.3, 0.4) is 0 Å². The predicted molar refractivity (Wildman–Crippen MR) is 65.2 cm³/mol. The summed E-state index contributed by atoms with van der Waals surface area (Å²) in [5.74, 6) is 0.802. The fourth-order valence-electron chi connectivity index (χ4n) is 2.19. The molecule has 1 aromatic rings. The summed E-state index contributed by atoms with van der Waals surface area (Å²) in [4.78, 5) is 16.4. The van der Waals surface area contributed by atoms with E-state index in [9.17, 15) is 10.1 Å². The molecule has 6 nitrogen and oxygen atoms in total. The Morgan fingerprint density at radius 1 is 1.41 bits per heavy atom. The van der Waals surface area contributed by atoms with Gasteiger partial charge in [-0.15, -0.1) is 0 Å². The van der Waals surface area contributed by atoms with Crippen molar-refractivity contribution in [1.29, 1.82) is 0 Å². The van der Waals surface area contributed by atoms with Crippen molar-refractivity contribution in [3.8, 4) is 0 Å². The molecule has 1 saturated heterocycles. The van der Waals surface area contributed by atoms with Crippen LogP contribution in [0.15, 0.2) is 18.3 Å². The van der Waals surface area contributed by atoms with Crippen LogP contribution in [0.25, 0.3) is 0 Å². The zero-order chi connectivity index (χ0) is 12.4. The van der Waals surface area contributed by atoms with E-state index in [0.29, 0.717) is 12.1 Å². The van der Waals surface area contributed by atoms with Gasteiger partial charge in [0.2, 0.25) is 0 Å². The first kappa shape index (κ1) is 11.8. The van der Waals surface area contributed by atoms with Crippen molar-refractivity contribution in [3.05, 3.63) is 28.4 Å². The quantitative estimate of drug-likeness (QED) is 0.616. The van der Waals surface area contributed by atoms with Crippen molar-refractivity contribution >= 4 is 11.5 Å². The number of hydrogen-bond acceptors (Lipinski definition) is 5. The molecule has 0 aliphatic carbocycles. The Kier molecular flexibility index (Phi) is 3.23. The van der Waals surface area contributed by atoms with Gasteiger partial charge in [0.1, 0.15) is 12.0 Å². The Morgan fingerprint density at radius 3 is 2.53 bits per heavy atom. The number of piperazine rings is 1. The summed E-state index contributed by atoms with van der Waals surface area (Å²) in [6, 6.07) is 4.01. The summed E-state index contributed by atoms with van der Waals surface area (Å²) in [6.07, 6.45) is 1.31. The number of anilines is 1. The van der Waals surface area contributed by atoms with E-state index in [1.807, 2.05) is 0 Å². The molecule has 1 aliphatic rings. The smallest absolute Gasteiger partial charge is 0.287 e. The van der Waals surface area contributed by atoms with E-state index in [1.165, 1.54) is 12.3 Å². The van der Waals surface area contributed by atoms with Gasteiger partial charge in [0.15, 0.2) is 0 Å². The van der Waals surface area contributed by atoms with Gasteiger partial charge in [-0.3, -0.25) is 10.1 Å². The van der Waals surface area contributed by atoms with E-state index >= 15 is 0 Å². The number of pyridine rings is 1. The normalized spacial score (nSPS) is 24.7. The molecule has 0 saturated carbocycles. The first-order valence-electron chi connectivity index (χ1n) is 5.67. The Hall–Kier alpha value is -1.69. The largest absolute Gasteiger partial charge is 0.354 e. The van der Waals surface area contributed by atoms with E-state index < -0.39 is 4.92 Å². The lowest BCUT2D eigenvalue weighted by molar-refractivity contribution is -0.385. The molecule has 0 radical (unpaired) electrons. The van der Waals surface area contributed by atoms with Crippen molar-refractivity contribution in [3.63, 3.8) is 0 Å². The second-order valence-electron chi connectivity index (χ2n) is 4.51. The van der Waals surface area contributed by atoms with Crippen LogP contribution in [0.4, 0.5) is 11.5 Å². The molecule has 2 atom stereocenters. The highest BCUT2D eigenvalue weighted by atomic mass is 16.6. The average molecular weight is 236 g/mol. The third-order valence-electron chi connectivity index (χ3n) is 2.82. The van der Waals surface area contributed by atoms with Crippen LogP contribution in [0.5, 0.6) is 0 Å². The lowest BCUT2D eigenvalue weighted by atomic mass is 10.1. The molecule has 1 aromatic heterocycles. The number of nitrogens with one attached hydrogen (secondary N) is 1. The molecule has 1 fully saturated rings. The number of rotatable bonds is 2. The van der Waals surface area contributed by atoms with Gasteiger partial charge in [0.05, 0.1) is 4.92 Å². The van der Waals surface area contributed by atoms with Crippen molar-refractivity contribution in [2.75, 3.05) is 18.0 Å². The van der Waals surface area contributed by atoms with Crippen LogP contribution >= 0.6 is 0 Å². The minimum atomic E-state index is -0.431. The maximum absolute atomic E-state index is 10.5. The summed E-state index contributed by atoms with van der Waals surface area (Å²) < 4.78 is 0. The first-order chi connectivity index (χ1) is 8.06. The molecular formula is C11H16N4O2. The standard InChI is InChI=1S/C11H16N4O2/c1-8-6-14(7-9(2)13-8)11-4-3-10(5-12-11)15(16)17/h3-5,8-9,13H,6-7H2,1-2H3/t8-,9+. The number of nitrogens with zero attached hydrogens (tertiary/aromatic N) is 3. The summed E-state index contributed by atoms with van der Waals surface area (Å²) in [5, 5.41) is 14.0. The molecule has 0 bridgehead atoms. The molecule has 17 heavy (non-hydrogen) atoms. The van der Waals surface area contributed by atoms with Crippen molar-refractivity contribution in [2.24, 2.45) is 0 Å². The molecule has 0 amide bonds. The highest BCUT2D eigenvalue weighted by molar-refractivity contribution is 5.43. The van der Waals surface area contributed by atoms with Crippen LogP contribution in [-0.4, -0.2) is 35.1 Å². The average Bonchev–Trinajstić information content (AvgIpc) is 2.28. The van der Waals surface area contributed by atoms with Gasteiger partial charge >= 0.3 is 0 Å². The van der Waals surface area contributed by atoms with E-state index in [-0.39, 0.29) is 5.69 Å². The van der Waals surface area contributed by atoms with Crippen LogP contribution in [-0.2, 0) is 0 Å². The van der Waals surface area contributed by atoms with Gasteiger partial charge in [-0.05, 0) is 19.9 Å². The fraction of sp³-hybridized carbons (Fsp3) is 0.545. The summed E-state index contributed by atoms with van der Waals surface area (Å²) in [7, 11) is 0. The number of hydrogen-bond donors (Lipinski definition) is 1. The Morgan fingerprint density at radius 2 is 2.06 bits per heavy atom. The van der Waals surface area contributed by atoms with Gasteiger partial charge in [-0.25, -0.2) is 4.98 Å². The molecule has 2 rings (SSSR count). The van der Waals surface area contributed by atoms with Crippen molar-refractivity contribution < 1.29 is 4.92 Å². The number of aromatic nitrogens is 1. The first-order valence-corrected chi connectivity index (χ1v) is 5.67. The topological polar surface area (TPSA) is 71.3 Å². The van der Waals surface area contributed by atoms with Gasteiger partial charge in [0.25, 0.3) is 5.69 Å². The van der Waals surface area contributed by atoms with Gasteiger partial charge < -0.3 is 10.2 Å². The minimum absolute atomic E-state index is 0.0324. The maximum Gasteiger partial charge on any atom is 0.287 e. The summed E-state index contributed by atoms with van der Waals surface area (Å²) in [6.45, 7) is 5.98. The molecule has 0 aromatic carbocycles. The molecule has 2 heterocycles. The zero-order valence-electron chi connectivity index (χ0n) is 9.96. The van der Waals surface area contributed by atoms with Gasteiger partial charge in [-0.2, -0.15) is 0 Å². The van der Waals surface area contributed by atoms with Crippen molar-refractivity contribution in [1.82, 2.24) is 10.3 Å². The Balaban J connectivity index is 2.14. The van der Waals surface area contributed by atoms with Gasteiger partial charge in [0, 0.05) is 31.2 Å². The second-order valence-corrected chi connectivity index (χ2v) is 4.51. The van der Waals surface area contributed by atoms with Crippen LogP contribution in [0, 0.1) is 10.1 Å². The zero-order valence-corrected chi connectivity index (χ0v) is 9.96. The van der Waals surface area contributed by atoms with E-state index in [2.05, 4.69) is 29.0 Å².